The zero-order chi connectivity index (χ0) is 59.2. The fourth-order valence-corrected chi connectivity index (χ4v) is 11.0. The van der Waals surface area contributed by atoms with Gasteiger partial charge in [0.1, 0.15) is 17.7 Å². The molecule has 0 bridgehead atoms. The molecule has 428 valence electrons. The number of thiophene rings is 1. The van der Waals surface area contributed by atoms with Crippen LogP contribution >= 0.6 is 11.3 Å². The molecule has 0 radical (unpaired) electrons. The number of rotatable bonds is 14. The molecule has 2 atom stereocenters. The van der Waals surface area contributed by atoms with Crippen LogP contribution in [-0.2, 0) is 36.9 Å². The molecule has 2 unspecified atom stereocenters. The zero-order valence-corrected chi connectivity index (χ0v) is 52.3. The van der Waals surface area contributed by atoms with Gasteiger partial charge >= 0.3 is 0 Å². The number of allylic oxidation sites excluding steroid dienone is 2. The van der Waals surface area contributed by atoms with Gasteiger partial charge in [0.05, 0.1) is 23.1 Å². The molecule has 0 saturated heterocycles. The molecule has 0 fully saturated rings. The number of ketones is 1. The second kappa shape index (κ2) is 35.7. The van der Waals surface area contributed by atoms with E-state index in [1.54, 1.807) is 16.8 Å². The summed E-state index contributed by atoms with van der Waals surface area (Å²) in [7, 11) is 0. The lowest BCUT2D eigenvalue weighted by molar-refractivity contribution is -0.114. The van der Waals surface area contributed by atoms with Gasteiger partial charge in [0.2, 0.25) is 0 Å². The molecular weight excluding hydrogens is 1000 g/mol. The molecule has 1 aliphatic rings. The summed E-state index contributed by atoms with van der Waals surface area (Å²) in [5.74, 6) is 1.98. The van der Waals surface area contributed by atoms with Gasteiger partial charge in [-0.05, 0) is 123 Å². The molecule has 0 aliphatic heterocycles. The number of pyridine rings is 1. The monoisotopic (exact) mass is 1100 g/mol. The molecule has 0 N–H and O–H groups in total. The van der Waals surface area contributed by atoms with Crippen LogP contribution < -0.4 is 11.1 Å². The van der Waals surface area contributed by atoms with Crippen LogP contribution in [0.5, 0.6) is 0 Å². The van der Waals surface area contributed by atoms with Crippen LogP contribution in [0.25, 0.3) is 10.1 Å². The lowest BCUT2D eigenvalue weighted by Gasteiger charge is -2.24. The highest BCUT2D eigenvalue weighted by atomic mass is 32.1. The fourth-order valence-electron chi connectivity index (χ4n) is 9.79. The largest absolute Gasteiger partial charge is 0.295 e. The molecular formula is C71H95N5O3S. The van der Waals surface area contributed by atoms with Crippen LogP contribution in [0.1, 0.15) is 196 Å². The standard InChI is InChI=1S/C32H30N2OS.C29H35N3O2.5C2H6/c1-22-33-29-20-23(19-27-21-26-16-8-9-18-30(26)36-27)11-10-17-28(29)32(35)34(22)31(24-12-4-2-5-13-24)25-14-6-3-7-15-25;1-6-12-24-25(17-16-23(33)18-19-29(3,4)5)31-21(2)32(28(24)34)27(22-13-8-7-9-14-22)26-15-10-11-20-30-26;5*1-2/h2-9,12-16,18,21,23,31H,10-11,17,19-20H2,1H3;7-11,13-15,18-20,27H,6,12,16-17H2,1-5H3;5*1-2H3/b;19-18-;;;;;. The van der Waals surface area contributed by atoms with E-state index >= 15 is 0 Å². The summed E-state index contributed by atoms with van der Waals surface area (Å²) in [6.45, 7) is 32.1. The van der Waals surface area contributed by atoms with Gasteiger partial charge in [0, 0.05) is 33.3 Å². The average molecular weight is 1100 g/mol. The minimum atomic E-state index is -0.372. The predicted octanol–water partition coefficient (Wildman–Crippen LogP) is 17.9. The van der Waals surface area contributed by atoms with Gasteiger partial charge in [0.25, 0.3) is 11.1 Å². The summed E-state index contributed by atoms with van der Waals surface area (Å²) in [5.41, 5.74) is 7.34. The van der Waals surface area contributed by atoms with E-state index in [4.69, 9.17) is 9.97 Å². The Labute approximate surface area is 485 Å². The highest BCUT2D eigenvalue weighted by Gasteiger charge is 2.28. The van der Waals surface area contributed by atoms with E-state index in [1.165, 1.54) is 15.0 Å². The highest BCUT2D eigenvalue weighted by molar-refractivity contribution is 7.19. The van der Waals surface area contributed by atoms with Gasteiger partial charge in [-0.3, -0.25) is 28.5 Å². The van der Waals surface area contributed by atoms with E-state index in [0.717, 1.165) is 83.7 Å². The molecule has 4 aromatic heterocycles. The van der Waals surface area contributed by atoms with Gasteiger partial charge in [-0.1, -0.05) is 225 Å². The number of nitrogens with zero attached hydrogens (tertiary/aromatic N) is 5. The number of carbonyl (C=O) groups excluding carboxylic acids is 1. The van der Waals surface area contributed by atoms with Crippen molar-refractivity contribution in [2.45, 2.75) is 181 Å². The second-order valence-electron chi connectivity index (χ2n) is 19.6. The maximum absolute atomic E-state index is 14.1. The quantitative estimate of drug-likeness (QED) is 0.0794. The van der Waals surface area contributed by atoms with E-state index in [0.29, 0.717) is 36.6 Å². The van der Waals surface area contributed by atoms with Crippen LogP contribution in [0.4, 0.5) is 0 Å². The van der Waals surface area contributed by atoms with E-state index in [1.807, 2.05) is 190 Å². The number of benzene rings is 4. The van der Waals surface area contributed by atoms with Gasteiger partial charge < -0.3 is 0 Å². The van der Waals surface area contributed by atoms with Gasteiger partial charge in [-0.15, -0.1) is 11.3 Å². The third-order valence-electron chi connectivity index (χ3n) is 13.1. The summed E-state index contributed by atoms with van der Waals surface area (Å²) in [6, 6.07) is 46.7. The Morgan fingerprint density at radius 3 is 1.73 bits per heavy atom. The van der Waals surface area contributed by atoms with Crippen molar-refractivity contribution in [2.75, 3.05) is 0 Å². The number of hydrogen-bond donors (Lipinski definition) is 0. The Bertz CT molecular complexity index is 3060. The second-order valence-corrected chi connectivity index (χ2v) is 20.8. The summed E-state index contributed by atoms with van der Waals surface area (Å²) in [6.07, 6.45) is 12.5. The van der Waals surface area contributed by atoms with Gasteiger partial charge in [0.15, 0.2) is 5.78 Å². The van der Waals surface area contributed by atoms with Crippen LogP contribution in [0.3, 0.4) is 0 Å². The smallest absolute Gasteiger partial charge is 0.257 e. The molecule has 8 aromatic rings. The van der Waals surface area contributed by atoms with Crippen molar-refractivity contribution in [1.82, 2.24) is 24.1 Å². The Morgan fingerprint density at radius 2 is 1.19 bits per heavy atom. The predicted molar refractivity (Wildman–Crippen MR) is 343 cm³/mol. The van der Waals surface area contributed by atoms with E-state index in [-0.39, 0.29) is 34.4 Å². The lowest BCUT2D eigenvalue weighted by atomic mass is 9.95. The Morgan fingerprint density at radius 1 is 0.662 bits per heavy atom. The third-order valence-corrected chi connectivity index (χ3v) is 14.3. The molecule has 1 aliphatic carbocycles. The first-order valence-corrected chi connectivity index (χ1v) is 30.7. The third kappa shape index (κ3) is 18.9. The molecule has 0 amide bonds. The van der Waals surface area contributed by atoms with Crippen molar-refractivity contribution in [3.63, 3.8) is 0 Å². The highest BCUT2D eigenvalue weighted by Crippen LogP contribution is 2.33. The topological polar surface area (TPSA) is 99.7 Å². The summed E-state index contributed by atoms with van der Waals surface area (Å²) < 4.78 is 5.04. The molecule has 4 heterocycles. The molecule has 0 spiro atoms. The maximum atomic E-state index is 14.1. The molecule has 0 saturated carbocycles. The van der Waals surface area contributed by atoms with Crippen LogP contribution in [0, 0.1) is 25.2 Å². The van der Waals surface area contributed by atoms with Crippen molar-refractivity contribution in [3.8, 4) is 0 Å². The van der Waals surface area contributed by atoms with Gasteiger partial charge in [-0.2, -0.15) is 0 Å². The minimum absolute atomic E-state index is 0.0454. The summed E-state index contributed by atoms with van der Waals surface area (Å²) in [4.78, 5) is 56.4. The first-order chi connectivity index (χ1) is 38.9. The minimum Gasteiger partial charge on any atom is -0.295 e. The fraction of sp³-hybridized carbons (Fsp3) is 0.408. The summed E-state index contributed by atoms with van der Waals surface area (Å²) in [5, 5.41) is 1.33. The van der Waals surface area contributed by atoms with Crippen LogP contribution in [0.2, 0.25) is 0 Å². The van der Waals surface area contributed by atoms with Crippen molar-refractivity contribution >= 4 is 27.2 Å². The van der Waals surface area contributed by atoms with Crippen LogP contribution in [0.15, 0.2) is 167 Å². The zero-order valence-electron chi connectivity index (χ0n) is 51.5. The van der Waals surface area contributed by atoms with Crippen LogP contribution in [-0.4, -0.2) is 29.9 Å². The number of carbonyl (C=O) groups is 1. The first kappa shape index (κ1) is 67.4. The van der Waals surface area contributed by atoms with Crippen molar-refractivity contribution in [1.29, 1.82) is 0 Å². The van der Waals surface area contributed by atoms with E-state index < -0.39 is 0 Å². The number of fused-ring (bicyclic) bond motifs is 2. The molecule has 4 aromatic carbocycles. The van der Waals surface area contributed by atoms with E-state index in [2.05, 4.69) is 87.3 Å². The molecule has 80 heavy (non-hydrogen) atoms. The average Bonchev–Trinajstić information content (AvgIpc) is 3.80. The molecule has 9 rings (SSSR count). The first-order valence-electron chi connectivity index (χ1n) is 29.9. The summed E-state index contributed by atoms with van der Waals surface area (Å²) >= 11 is 1.90. The Balaban J connectivity index is 0.000000365. The molecule has 8 nitrogen and oxygen atoms in total. The van der Waals surface area contributed by atoms with Crippen molar-refractivity contribution in [2.24, 2.45) is 11.3 Å². The van der Waals surface area contributed by atoms with Crippen molar-refractivity contribution in [3.05, 3.63) is 240 Å². The van der Waals surface area contributed by atoms with E-state index in [9.17, 15) is 14.4 Å². The lowest BCUT2D eigenvalue weighted by Crippen LogP contribution is -2.33. The normalized spacial score (nSPS) is 12.8. The SMILES string of the molecule is CC.CC.CC.CC.CC.CCCc1c(CCC(=O)/C=C\C(C)(C)C)nc(C)n(C(c2ccccc2)c2ccccn2)c1=O.Cc1nc2c(c(=O)n1C(c1ccccc1)c1ccccc1)CCCC(Cc1cc3ccccc3s1)C2. The number of hydrogen-bond acceptors (Lipinski definition) is 7. The Kier molecular flexibility index (Phi) is 30.1. The van der Waals surface area contributed by atoms with Crippen molar-refractivity contribution < 1.29 is 4.79 Å². The molecule has 9 heteroatoms. The number of aryl methyl sites for hydroxylation is 3. The van der Waals surface area contributed by atoms with Gasteiger partial charge in [-0.25, -0.2) is 9.97 Å². The Hall–Kier alpha value is -6.84. The number of aromatic nitrogens is 5. The maximum Gasteiger partial charge on any atom is 0.257 e.